The van der Waals surface area contributed by atoms with Crippen LogP contribution in [0.3, 0.4) is 0 Å². The Morgan fingerprint density at radius 1 is 1.55 bits per heavy atom. The highest BCUT2D eigenvalue weighted by atomic mass is 16.5. The average molecular weight is 281 g/mol. The Hall–Kier alpha value is -1.89. The van der Waals surface area contributed by atoms with Crippen LogP contribution < -0.4 is 5.32 Å². The van der Waals surface area contributed by atoms with E-state index in [1.807, 2.05) is 13.8 Å². The fourth-order valence-corrected chi connectivity index (χ4v) is 1.96. The fourth-order valence-electron chi connectivity index (χ4n) is 1.96. The van der Waals surface area contributed by atoms with Gasteiger partial charge in [0.15, 0.2) is 5.69 Å². The van der Waals surface area contributed by atoms with Crippen molar-refractivity contribution in [3.63, 3.8) is 0 Å². The molecule has 0 radical (unpaired) electrons. The minimum absolute atomic E-state index is 0.0157. The zero-order valence-electron chi connectivity index (χ0n) is 11.9. The number of carbonyl (C=O) groups is 2. The third-order valence-corrected chi connectivity index (χ3v) is 3.13. The van der Waals surface area contributed by atoms with E-state index in [2.05, 4.69) is 10.5 Å². The van der Waals surface area contributed by atoms with E-state index >= 15 is 0 Å². The predicted molar refractivity (Wildman–Crippen MR) is 70.3 cm³/mol. The molecule has 1 aliphatic heterocycles. The molecule has 7 nitrogen and oxygen atoms in total. The molecular formula is C13H19N3O4. The number of hydrogen-bond acceptors (Lipinski definition) is 5. The van der Waals surface area contributed by atoms with Crippen molar-refractivity contribution >= 4 is 11.8 Å². The summed E-state index contributed by atoms with van der Waals surface area (Å²) in [5, 5.41) is 6.56. The Morgan fingerprint density at radius 2 is 2.25 bits per heavy atom. The summed E-state index contributed by atoms with van der Waals surface area (Å²) >= 11 is 0. The van der Waals surface area contributed by atoms with Crippen LogP contribution >= 0.6 is 0 Å². The lowest BCUT2D eigenvalue weighted by molar-refractivity contribution is -0.126. The van der Waals surface area contributed by atoms with Gasteiger partial charge in [-0.05, 0) is 0 Å². The van der Waals surface area contributed by atoms with E-state index in [1.165, 1.54) is 7.11 Å². The first-order chi connectivity index (χ1) is 9.51. The number of nitrogens with one attached hydrogen (secondary N) is 1. The number of amides is 2. The summed E-state index contributed by atoms with van der Waals surface area (Å²) < 4.78 is 9.83. The van der Waals surface area contributed by atoms with Crippen LogP contribution in [0.15, 0.2) is 10.6 Å². The molecule has 110 valence electrons. The lowest BCUT2D eigenvalue weighted by Crippen LogP contribution is -2.61. The fraction of sp³-hybridized carbons (Fsp3) is 0.615. The van der Waals surface area contributed by atoms with E-state index in [0.29, 0.717) is 24.5 Å². The molecular weight excluding hydrogens is 262 g/mol. The zero-order chi connectivity index (χ0) is 14.7. The van der Waals surface area contributed by atoms with Crippen LogP contribution in [0.25, 0.3) is 0 Å². The normalized spacial score (nSPS) is 15.3. The Balaban J connectivity index is 1.82. The van der Waals surface area contributed by atoms with E-state index in [-0.39, 0.29) is 30.4 Å². The molecule has 0 atom stereocenters. The monoisotopic (exact) mass is 281 g/mol. The molecule has 7 heteroatoms. The molecule has 1 aliphatic rings. The van der Waals surface area contributed by atoms with Crippen molar-refractivity contribution in [3.8, 4) is 0 Å². The van der Waals surface area contributed by atoms with Gasteiger partial charge in [0.05, 0.1) is 6.04 Å². The number of rotatable bonds is 5. The first-order valence-corrected chi connectivity index (χ1v) is 6.55. The summed E-state index contributed by atoms with van der Waals surface area (Å²) in [6.45, 7) is 4.95. The Kier molecular flexibility index (Phi) is 4.39. The van der Waals surface area contributed by atoms with E-state index in [4.69, 9.17) is 9.26 Å². The van der Waals surface area contributed by atoms with Gasteiger partial charge in [0, 0.05) is 32.2 Å². The third kappa shape index (κ3) is 3.16. The lowest BCUT2D eigenvalue weighted by atomic mass is 10.1. The Morgan fingerprint density at radius 3 is 2.80 bits per heavy atom. The highest BCUT2D eigenvalue weighted by molar-refractivity contribution is 5.93. The predicted octanol–water partition coefficient (Wildman–Crippen LogP) is 0.385. The van der Waals surface area contributed by atoms with Crippen LogP contribution in [0.1, 0.15) is 36.0 Å². The van der Waals surface area contributed by atoms with Gasteiger partial charge in [-0.15, -0.1) is 0 Å². The minimum atomic E-state index is -0.173. The van der Waals surface area contributed by atoms with Crippen LogP contribution in [-0.4, -0.2) is 54.7 Å². The van der Waals surface area contributed by atoms with Gasteiger partial charge in [-0.1, -0.05) is 19.0 Å². The molecule has 20 heavy (non-hydrogen) atoms. The van der Waals surface area contributed by atoms with Gasteiger partial charge in [0.25, 0.3) is 5.91 Å². The molecule has 2 heterocycles. The number of hydrogen-bond donors (Lipinski definition) is 1. The zero-order valence-corrected chi connectivity index (χ0v) is 11.9. The van der Waals surface area contributed by atoms with Crippen molar-refractivity contribution in [1.29, 1.82) is 0 Å². The maximum absolute atomic E-state index is 12.1. The van der Waals surface area contributed by atoms with Gasteiger partial charge in [0.2, 0.25) is 5.91 Å². The van der Waals surface area contributed by atoms with Crippen molar-refractivity contribution in [2.24, 2.45) is 0 Å². The van der Waals surface area contributed by atoms with Gasteiger partial charge >= 0.3 is 0 Å². The highest BCUT2D eigenvalue weighted by Gasteiger charge is 2.33. The average Bonchev–Trinajstić information content (AvgIpc) is 2.82. The summed E-state index contributed by atoms with van der Waals surface area (Å²) in [5.74, 6) is 0.548. The van der Waals surface area contributed by atoms with Crippen molar-refractivity contribution in [1.82, 2.24) is 15.4 Å². The summed E-state index contributed by atoms with van der Waals surface area (Å²) in [4.78, 5) is 25.0. The number of nitrogens with zero attached hydrogens (tertiary/aromatic N) is 2. The van der Waals surface area contributed by atoms with E-state index in [0.717, 1.165) is 0 Å². The van der Waals surface area contributed by atoms with Gasteiger partial charge < -0.3 is 19.5 Å². The van der Waals surface area contributed by atoms with Crippen molar-refractivity contribution < 1.29 is 18.8 Å². The standard InChI is InChI=1S/C13H19N3O4/c1-8(2)11-4-10(15-20-11)13(18)16-5-9(6-16)14-12(17)7-19-3/h4,8-9H,5-7H2,1-3H3,(H,14,17). The van der Waals surface area contributed by atoms with Gasteiger partial charge in [0.1, 0.15) is 12.4 Å². The number of ether oxygens (including phenoxy) is 1. The van der Waals surface area contributed by atoms with Crippen LogP contribution in [0.5, 0.6) is 0 Å². The van der Waals surface area contributed by atoms with E-state index in [1.54, 1.807) is 11.0 Å². The van der Waals surface area contributed by atoms with Gasteiger partial charge in [-0.25, -0.2) is 0 Å². The van der Waals surface area contributed by atoms with Crippen LogP contribution in [0, 0.1) is 0 Å². The number of aromatic nitrogens is 1. The lowest BCUT2D eigenvalue weighted by Gasteiger charge is -2.38. The summed E-state index contributed by atoms with van der Waals surface area (Å²) in [5.41, 5.74) is 0.315. The second-order valence-electron chi connectivity index (χ2n) is 5.18. The molecule has 0 unspecified atom stereocenters. The molecule has 0 saturated carbocycles. The summed E-state index contributed by atoms with van der Waals surface area (Å²) in [7, 11) is 1.47. The summed E-state index contributed by atoms with van der Waals surface area (Å²) in [6, 6.07) is 1.65. The first kappa shape index (κ1) is 14.5. The Bertz CT molecular complexity index is 492. The molecule has 1 aromatic heterocycles. The third-order valence-electron chi connectivity index (χ3n) is 3.13. The highest BCUT2D eigenvalue weighted by Crippen LogP contribution is 2.18. The quantitative estimate of drug-likeness (QED) is 0.843. The molecule has 0 spiro atoms. The van der Waals surface area contributed by atoms with Crippen LogP contribution in [0.2, 0.25) is 0 Å². The van der Waals surface area contributed by atoms with Crippen LogP contribution in [0.4, 0.5) is 0 Å². The number of methoxy groups -OCH3 is 1. The number of carbonyl (C=O) groups excluding carboxylic acids is 2. The molecule has 2 rings (SSSR count). The van der Waals surface area contributed by atoms with Gasteiger partial charge in [-0.2, -0.15) is 0 Å². The topological polar surface area (TPSA) is 84.7 Å². The molecule has 1 fully saturated rings. The maximum Gasteiger partial charge on any atom is 0.276 e. The maximum atomic E-state index is 12.1. The second kappa shape index (κ2) is 6.04. The molecule has 1 aromatic rings. The molecule has 2 amide bonds. The molecule has 0 aromatic carbocycles. The van der Waals surface area contributed by atoms with Crippen LogP contribution in [-0.2, 0) is 9.53 Å². The van der Waals surface area contributed by atoms with E-state index < -0.39 is 0 Å². The van der Waals surface area contributed by atoms with Crippen molar-refractivity contribution in [2.45, 2.75) is 25.8 Å². The second-order valence-corrected chi connectivity index (χ2v) is 5.18. The molecule has 1 N–H and O–H groups in total. The largest absolute Gasteiger partial charge is 0.375 e. The molecule has 0 aliphatic carbocycles. The Labute approximate surface area is 117 Å². The van der Waals surface area contributed by atoms with E-state index in [9.17, 15) is 9.59 Å². The molecule has 0 bridgehead atoms. The number of likely N-dealkylation sites (tertiary alicyclic amines) is 1. The first-order valence-electron chi connectivity index (χ1n) is 6.55. The smallest absolute Gasteiger partial charge is 0.276 e. The molecule has 1 saturated heterocycles. The van der Waals surface area contributed by atoms with Crippen molar-refractivity contribution in [2.75, 3.05) is 26.8 Å². The van der Waals surface area contributed by atoms with Crippen molar-refractivity contribution in [3.05, 3.63) is 17.5 Å². The minimum Gasteiger partial charge on any atom is -0.375 e. The van der Waals surface area contributed by atoms with Gasteiger partial charge in [-0.3, -0.25) is 9.59 Å². The SMILES string of the molecule is COCC(=O)NC1CN(C(=O)c2cc(C(C)C)on2)C1. The summed E-state index contributed by atoms with van der Waals surface area (Å²) in [6.07, 6.45) is 0.